The van der Waals surface area contributed by atoms with Crippen LogP contribution in [0.4, 0.5) is 4.79 Å². The molecule has 0 bridgehead atoms. The maximum Gasteiger partial charge on any atom is 0.344 e. The Balaban J connectivity index is 1.67. The van der Waals surface area contributed by atoms with E-state index in [1.807, 2.05) is 0 Å². The fourth-order valence-corrected chi connectivity index (χ4v) is 4.00. The maximum absolute atomic E-state index is 12.7. The minimum absolute atomic E-state index is 0.200. The number of methoxy groups -OCH3 is 1. The average molecular weight is 479 g/mol. The molecule has 0 N–H and O–H groups in total. The van der Waals surface area contributed by atoms with Gasteiger partial charge in [-0.15, -0.1) is 0 Å². The number of ether oxygens (including phenoxy) is 4. The van der Waals surface area contributed by atoms with Gasteiger partial charge in [0.2, 0.25) is 5.91 Å². The molecule has 0 aliphatic carbocycles. The summed E-state index contributed by atoms with van der Waals surface area (Å²) >= 11 is 0.773. The van der Waals surface area contributed by atoms with Gasteiger partial charge in [-0.2, -0.15) is 0 Å². The van der Waals surface area contributed by atoms with Gasteiger partial charge in [0.25, 0.3) is 11.1 Å². The second-order valence-electron chi connectivity index (χ2n) is 7.50. The van der Waals surface area contributed by atoms with E-state index in [0.29, 0.717) is 43.4 Å². The smallest absolute Gasteiger partial charge is 0.344 e. The molecule has 178 valence electrons. The lowest BCUT2D eigenvalue weighted by atomic mass is 10.2. The topological polar surface area (TPSA) is 112 Å². The van der Waals surface area contributed by atoms with E-state index < -0.39 is 17.1 Å². The third kappa shape index (κ3) is 6.48. The molecule has 0 saturated carbocycles. The Labute approximate surface area is 195 Å². The zero-order valence-corrected chi connectivity index (χ0v) is 19.5. The van der Waals surface area contributed by atoms with E-state index in [1.54, 1.807) is 43.0 Å². The van der Waals surface area contributed by atoms with Crippen LogP contribution in [0.15, 0.2) is 23.1 Å². The number of hydrogen-bond acceptors (Lipinski definition) is 9. The molecule has 1 aromatic carbocycles. The number of rotatable bonds is 8. The van der Waals surface area contributed by atoms with Gasteiger partial charge in [-0.3, -0.25) is 19.3 Å². The van der Waals surface area contributed by atoms with Crippen molar-refractivity contribution in [3.05, 3.63) is 28.7 Å². The van der Waals surface area contributed by atoms with Gasteiger partial charge in [-0.25, -0.2) is 4.79 Å². The molecular weight excluding hydrogens is 452 g/mol. The lowest BCUT2D eigenvalue weighted by Crippen LogP contribution is -2.46. The minimum atomic E-state index is -0.526. The summed E-state index contributed by atoms with van der Waals surface area (Å²) in [5.74, 6) is -0.637. The first-order valence-electron chi connectivity index (χ1n) is 10.4. The van der Waals surface area contributed by atoms with Crippen molar-refractivity contribution >= 4 is 40.9 Å². The first-order valence-corrected chi connectivity index (χ1v) is 11.2. The van der Waals surface area contributed by atoms with Crippen LogP contribution in [0.2, 0.25) is 0 Å². The molecule has 0 atom stereocenters. The van der Waals surface area contributed by atoms with Crippen LogP contribution in [-0.4, -0.2) is 85.5 Å². The van der Waals surface area contributed by atoms with Crippen LogP contribution in [0.5, 0.6) is 11.5 Å². The average Bonchev–Trinajstić information content (AvgIpc) is 3.05. The first kappa shape index (κ1) is 24.6. The summed E-state index contributed by atoms with van der Waals surface area (Å²) in [7, 11) is 1.45. The second kappa shape index (κ2) is 11.2. The number of amides is 3. The maximum atomic E-state index is 12.7. The normalized spacial score (nSPS) is 17.6. The van der Waals surface area contributed by atoms with E-state index >= 15 is 0 Å². The van der Waals surface area contributed by atoms with Crippen LogP contribution in [0, 0.1) is 0 Å². The van der Waals surface area contributed by atoms with Crippen molar-refractivity contribution in [2.45, 2.75) is 20.0 Å². The van der Waals surface area contributed by atoms with Crippen molar-refractivity contribution in [1.29, 1.82) is 0 Å². The highest BCUT2D eigenvalue weighted by Crippen LogP contribution is 2.34. The van der Waals surface area contributed by atoms with Crippen LogP contribution in [-0.2, 0) is 23.9 Å². The Morgan fingerprint density at radius 3 is 2.58 bits per heavy atom. The molecule has 2 heterocycles. The zero-order chi connectivity index (χ0) is 24.0. The van der Waals surface area contributed by atoms with Crippen LogP contribution >= 0.6 is 11.8 Å². The molecule has 3 rings (SSSR count). The summed E-state index contributed by atoms with van der Waals surface area (Å²) < 4.78 is 21.0. The van der Waals surface area contributed by atoms with E-state index in [0.717, 1.165) is 16.7 Å². The van der Waals surface area contributed by atoms with E-state index in [2.05, 4.69) is 0 Å². The van der Waals surface area contributed by atoms with E-state index in [9.17, 15) is 19.2 Å². The third-order valence-electron chi connectivity index (χ3n) is 4.73. The molecule has 10 nitrogen and oxygen atoms in total. The lowest BCUT2D eigenvalue weighted by molar-refractivity contribution is -0.149. The lowest BCUT2D eigenvalue weighted by Gasteiger charge is -2.28. The first-order chi connectivity index (χ1) is 15.8. The molecule has 1 aromatic rings. The second-order valence-corrected chi connectivity index (χ2v) is 8.49. The highest BCUT2D eigenvalue weighted by molar-refractivity contribution is 8.18. The van der Waals surface area contributed by atoms with Crippen molar-refractivity contribution in [2.24, 2.45) is 0 Å². The highest BCUT2D eigenvalue weighted by Gasteiger charge is 2.37. The molecule has 0 spiro atoms. The summed E-state index contributed by atoms with van der Waals surface area (Å²) in [4.78, 5) is 51.9. The van der Waals surface area contributed by atoms with Gasteiger partial charge in [0.05, 0.1) is 31.3 Å². The Kier molecular flexibility index (Phi) is 8.34. The number of imide groups is 1. The number of morpholine rings is 1. The van der Waals surface area contributed by atoms with Crippen LogP contribution < -0.4 is 9.47 Å². The minimum Gasteiger partial charge on any atom is -0.493 e. The standard InChI is InChI=1S/C22H26N2O8S/c1-14(2)32-20(26)13-31-16-5-4-15(10-17(16)29-3)11-18-21(27)24(22(28)33-18)12-19(25)23-6-8-30-9-7-23/h4-5,10-11,14H,6-9,12-13H2,1-3H3/b18-11-. The molecule has 2 fully saturated rings. The Hall–Kier alpha value is -3.05. The van der Waals surface area contributed by atoms with Gasteiger partial charge < -0.3 is 23.8 Å². The van der Waals surface area contributed by atoms with Gasteiger partial charge in [-0.05, 0) is 49.4 Å². The molecule has 2 aliphatic rings. The largest absolute Gasteiger partial charge is 0.493 e. The Morgan fingerprint density at radius 2 is 1.91 bits per heavy atom. The molecule has 33 heavy (non-hydrogen) atoms. The quantitative estimate of drug-likeness (QED) is 0.409. The van der Waals surface area contributed by atoms with Gasteiger partial charge in [0, 0.05) is 13.1 Å². The van der Waals surface area contributed by atoms with Crippen molar-refractivity contribution < 1.29 is 38.1 Å². The van der Waals surface area contributed by atoms with Crippen LogP contribution in [0.3, 0.4) is 0 Å². The number of thioether (sulfide) groups is 1. The third-order valence-corrected chi connectivity index (χ3v) is 5.64. The predicted octanol–water partition coefficient (Wildman–Crippen LogP) is 1.92. The molecule has 0 radical (unpaired) electrons. The summed E-state index contributed by atoms with van der Waals surface area (Å²) in [6.45, 7) is 4.67. The van der Waals surface area contributed by atoms with Gasteiger partial charge in [-0.1, -0.05) is 6.07 Å². The molecule has 0 aromatic heterocycles. The van der Waals surface area contributed by atoms with Crippen LogP contribution in [0.25, 0.3) is 6.08 Å². The van der Waals surface area contributed by atoms with E-state index in [1.165, 1.54) is 7.11 Å². The number of benzene rings is 1. The monoisotopic (exact) mass is 478 g/mol. The molecule has 11 heteroatoms. The van der Waals surface area contributed by atoms with Crippen molar-refractivity contribution in [2.75, 3.05) is 46.6 Å². The highest BCUT2D eigenvalue weighted by atomic mass is 32.2. The predicted molar refractivity (Wildman–Crippen MR) is 120 cm³/mol. The molecule has 0 unspecified atom stereocenters. The van der Waals surface area contributed by atoms with Gasteiger partial charge in [0.15, 0.2) is 18.1 Å². The zero-order valence-electron chi connectivity index (χ0n) is 18.7. The summed E-state index contributed by atoms with van der Waals surface area (Å²) in [6, 6.07) is 4.88. The number of esters is 1. The molecule has 2 saturated heterocycles. The number of carbonyl (C=O) groups is 4. The number of hydrogen-bond donors (Lipinski definition) is 0. The van der Waals surface area contributed by atoms with Crippen molar-refractivity contribution in [1.82, 2.24) is 9.80 Å². The van der Waals surface area contributed by atoms with Gasteiger partial charge >= 0.3 is 5.97 Å². The van der Waals surface area contributed by atoms with Gasteiger partial charge in [0.1, 0.15) is 6.54 Å². The van der Waals surface area contributed by atoms with E-state index in [4.69, 9.17) is 18.9 Å². The fraction of sp³-hybridized carbons (Fsp3) is 0.455. The van der Waals surface area contributed by atoms with Crippen molar-refractivity contribution in [3.8, 4) is 11.5 Å². The summed E-state index contributed by atoms with van der Waals surface area (Å²) in [6.07, 6.45) is 1.30. The molecule has 2 aliphatic heterocycles. The number of nitrogens with zero attached hydrogens (tertiary/aromatic N) is 2. The van der Waals surface area contributed by atoms with Crippen molar-refractivity contribution in [3.63, 3.8) is 0 Å². The molecular formula is C22H26N2O8S. The summed E-state index contributed by atoms with van der Waals surface area (Å²) in [5.41, 5.74) is 0.592. The summed E-state index contributed by atoms with van der Waals surface area (Å²) in [5, 5.41) is -0.497. The fourth-order valence-electron chi connectivity index (χ4n) is 3.16. The van der Waals surface area contributed by atoms with E-state index in [-0.39, 0.29) is 30.1 Å². The number of carbonyl (C=O) groups excluding carboxylic acids is 4. The van der Waals surface area contributed by atoms with Crippen LogP contribution in [0.1, 0.15) is 19.4 Å². The Bertz CT molecular complexity index is 956. The SMILES string of the molecule is COc1cc(/C=C2\SC(=O)N(CC(=O)N3CCOCC3)C2=O)ccc1OCC(=O)OC(C)C. The Morgan fingerprint density at radius 1 is 1.18 bits per heavy atom. The molecule has 3 amide bonds.